The van der Waals surface area contributed by atoms with Crippen molar-refractivity contribution in [3.8, 4) is 5.75 Å². The summed E-state index contributed by atoms with van der Waals surface area (Å²) < 4.78 is 24.9. The lowest BCUT2D eigenvalue weighted by Crippen LogP contribution is -2.19. The Labute approximate surface area is 107 Å². The van der Waals surface area contributed by atoms with Crippen LogP contribution < -0.4 is 4.72 Å². The van der Waals surface area contributed by atoms with Crippen LogP contribution in [0.1, 0.15) is 6.42 Å². The molecule has 0 amide bonds. The van der Waals surface area contributed by atoms with Crippen LogP contribution in [0.5, 0.6) is 5.75 Å². The first kappa shape index (κ1) is 14.7. The van der Waals surface area contributed by atoms with Crippen LogP contribution in [0.2, 0.25) is 0 Å². The lowest BCUT2D eigenvalue weighted by atomic mass is 10.2. The molecule has 0 radical (unpaired) electrons. The van der Waals surface area contributed by atoms with Gasteiger partial charge in [0.2, 0.25) is 10.0 Å². The van der Waals surface area contributed by atoms with E-state index in [0.29, 0.717) is 0 Å². The monoisotopic (exact) mass is 290 g/mol. The zero-order chi connectivity index (χ0) is 14.6. The number of nitro groups is 1. The Morgan fingerprint density at radius 2 is 2.05 bits per heavy atom. The van der Waals surface area contributed by atoms with E-state index in [-0.39, 0.29) is 0 Å². The van der Waals surface area contributed by atoms with Crippen molar-refractivity contribution in [2.24, 2.45) is 0 Å². The Morgan fingerprint density at radius 1 is 1.42 bits per heavy atom. The molecule has 1 aromatic rings. The van der Waals surface area contributed by atoms with Crippen molar-refractivity contribution in [1.82, 2.24) is 0 Å². The number of anilines is 1. The Balaban J connectivity index is 3.05. The minimum atomic E-state index is -4.10. The van der Waals surface area contributed by atoms with Crippen molar-refractivity contribution in [1.29, 1.82) is 0 Å². The number of carbonyl (C=O) groups is 1. The lowest BCUT2D eigenvalue weighted by Gasteiger charge is -2.08. The van der Waals surface area contributed by atoms with Gasteiger partial charge in [-0.1, -0.05) is 6.07 Å². The molecule has 0 fully saturated rings. The van der Waals surface area contributed by atoms with E-state index in [1.807, 2.05) is 4.72 Å². The van der Waals surface area contributed by atoms with Gasteiger partial charge in [0.05, 0.1) is 17.1 Å². The highest BCUT2D eigenvalue weighted by atomic mass is 32.2. The SMILES string of the molecule is O=C(O)CCS(=O)(=O)Nc1c(O)cccc1[N+](=O)[O-]. The van der Waals surface area contributed by atoms with E-state index in [9.17, 15) is 28.4 Å². The van der Waals surface area contributed by atoms with Gasteiger partial charge in [0.25, 0.3) is 5.69 Å². The highest BCUT2D eigenvalue weighted by molar-refractivity contribution is 7.92. The molecule has 0 aliphatic rings. The summed E-state index contributed by atoms with van der Waals surface area (Å²) in [6, 6.07) is 3.26. The van der Waals surface area contributed by atoms with Crippen LogP contribution in [-0.2, 0) is 14.8 Å². The topological polar surface area (TPSA) is 147 Å². The number of hydrogen-bond acceptors (Lipinski definition) is 6. The highest BCUT2D eigenvalue weighted by Gasteiger charge is 2.22. The second kappa shape index (κ2) is 5.52. The molecule has 1 rings (SSSR count). The second-order valence-electron chi connectivity index (χ2n) is 3.49. The molecule has 10 heteroatoms. The van der Waals surface area contributed by atoms with Crippen molar-refractivity contribution in [2.75, 3.05) is 10.5 Å². The summed E-state index contributed by atoms with van der Waals surface area (Å²) in [7, 11) is -4.10. The first-order valence-electron chi connectivity index (χ1n) is 4.91. The van der Waals surface area contributed by atoms with E-state index < -0.39 is 50.2 Å². The van der Waals surface area contributed by atoms with Gasteiger partial charge in [0, 0.05) is 6.07 Å². The minimum absolute atomic E-state index is 0.585. The molecular weight excluding hydrogens is 280 g/mol. The van der Waals surface area contributed by atoms with Crippen LogP contribution in [0.25, 0.3) is 0 Å². The fraction of sp³-hybridized carbons (Fsp3) is 0.222. The fourth-order valence-electron chi connectivity index (χ4n) is 1.21. The third-order valence-electron chi connectivity index (χ3n) is 2.06. The maximum atomic E-state index is 11.5. The molecule has 19 heavy (non-hydrogen) atoms. The number of carboxylic acids is 1. The number of benzene rings is 1. The molecule has 0 spiro atoms. The van der Waals surface area contributed by atoms with Crippen LogP contribution in [0.15, 0.2) is 18.2 Å². The van der Waals surface area contributed by atoms with Crippen molar-refractivity contribution in [3.05, 3.63) is 28.3 Å². The number of aromatic hydroxyl groups is 1. The first-order chi connectivity index (χ1) is 8.73. The molecule has 0 bridgehead atoms. The largest absolute Gasteiger partial charge is 0.505 e. The third-order valence-corrected chi connectivity index (χ3v) is 3.32. The van der Waals surface area contributed by atoms with Crippen molar-refractivity contribution in [3.63, 3.8) is 0 Å². The molecule has 0 aliphatic heterocycles. The number of nitro benzene ring substituents is 1. The number of sulfonamides is 1. The fourth-order valence-corrected chi connectivity index (χ4v) is 2.28. The van der Waals surface area contributed by atoms with E-state index in [1.165, 1.54) is 6.07 Å². The predicted molar refractivity (Wildman–Crippen MR) is 64.4 cm³/mol. The average molecular weight is 290 g/mol. The van der Waals surface area contributed by atoms with E-state index in [2.05, 4.69) is 0 Å². The summed E-state index contributed by atoms with van der Waals surface area (Å²) in [5, 5.41) is 28.5. The first-order valence-corrected chi connectivity index (χ1v) is 6.57. The maximum Gasteiger partial charge on any atom is 0.304 e. The maximum absolute atomic E-state index is 11.5. The van der Waals surface area contributed by atoms with Crippen molar-refractivity contribution in [2.45, 2.75) is 6.42 Å². The molecule has 0 aromatic heterocycles. The molecular formula is C9H10N2O7S. The van der Waals surface area contributed by atoms with Crippen LogP contribution in [-0.4, -0.2) is 35.3 Å². The Morgan fingerprint density at radius 3 is 2.58 bits per heavy atom. The number of nitrogens with zero attached hydrogens (tertiary/aromatic N) is 1. The molecule has 0 unspecified atom stereocenters. The predicted octanol–water partition coefficient (Wildman–Crippen LogP) is 0.517. The van der Waals surface area contributed by atoms with Gasteiger partial charge in [-0.15, -0.1) is 0 Å². The van der Waals surface area contributed by atoms with E-state index in [1.54, 1.807) is 0 Å². The smallest absolute Gasteiger partial charge is 0.304 e. The molecule has 0 heterocycles. The highest BCUT2D eigenvalue weighted by Crippen LogP contribution is 2.33. The molecule has 3 N–H and O–H groups in total. The van der Waals surface area contributed by atoms with Gasteiger partial charge >= 0.3 is 5.97 Å². The van der Waals surface area contributed by atoms with Crippen molar-refractivity contribution >= 4 is 27.4 Å². The number of rotatable bonds is 6. The zero-order valence-electron chi connectivity index (χ0n) is 9.44. The van der Waals surface area contributed by atoms with E-state index >= 15 is 0 Å². The van der Waals surface area contributed by atoms with Gasteiger partial charge in [0.1, 0.15) is 5.75 Å². The number of carboxylic acid groups (broad SMARTS) is 1. The number of aliphatic carboxylic acids is 1. The van der Waals surface area contributed by atoms with Gasteiger partial charge in [-0.25, -0.2) is 8.42 Å². The van der Waals surface area contributed by atoms with Crippen molar-refractivity contribution < 1.29 is 28.3 Å². The second-order valence-corrected chi connectivity index (χ2v) is 5.33. The molecule has 0 atom stereocenters. The van der Waals surface area contributed by atoms with Crippen LogP contribution in [0, 0.1) is 10.1 Å². The summed E-state index contributed by atoms with van der Waals surface area (Å²) in [6.45, 7) is 0. The number of nitrogens with one attached hydrogen (secondary N) is 1. The van der Waals surface area contributed by atoms with Crippen LogP contribution in [0.4, 0.5) is 11.4 Å². The average Bonchev–Trinajstić information content (AvgIpc) is 2.29. The number of phenolic OH excluding ortho intramolecular Hbond substituents is 1. The summed E-state index contributed by atoms with van der Waals surface area (Å²) in [5.74, 6) is -2.70. The molecule has 0 aliphatic carbocycles. The van der Waals surface area contributed by atoms with E-state index in [4.69, 9.17) is 5.11 Å². The summed E-state index contributed by atoms with van der Waals surface area (Å²) in [6.07, 6.45) is -0.656. The lowest BCUT2D eigenvalue weighted by molar-refractivity contribution is -0.383. The molecule has 104 valence electrons. The zero-order valence-corrected chi connectivity index (χ0v) is 10.3. The standard InChI is InChI=1S/C9H10N2O7S/c12-7-3-1-2-6(11(15)16)9(7)10-19(17,18)5-4-8(13)14/h1-3,10,12H,4-5H2,(H,13,14). The van der Waals surface area contributed by atoms with Gasteiger partial charge in [0.15, 0.2) is 5.69 Å². The summed E-state index contributed by atoms with van der Waals surface area (Å²) >= 11 is 0. The van der Waals surface area contributed by atoms with Gasteiger partial charge in [-0.2, -0.15) is 0 Å². The van der Waals surface area contributed by atoms with Gasteiger partial charge < -0.3 is 10.2 Å². The number of phenols is 1. The number of para-hydroxylation sites is 1. The van der Waals surface area contributed by atoms with Crippen LogP contribution >= 0.6 is 0 Å². The third kappa shape index (κ3) is 4.10. The summed E-state index contributed by atoms with van der Waals surface area (Å²) in [4.78, 5) is 20.1. The number of hydrogen-bond donors (Lipinski definition) is 3. The minimum Gasteiger partial charge on any atom is -0.505 e. The van der Waals surface area contributed by atoms with Gasteiger partial charge in [-0.05, 0) is 6.07 Å². The Hall–Kier alpha value is -2.36. The molecule has 0 saturated heterocycles. The molecule has 9 nitrogen and oxygen atoms in total. The Bertz CT molecular complexity index is 611. The normalized spacial score (nSPS) is 10.9. The molecule has 1 aromatic carbocycles. The van der Waals surface area contributed by atoms with E-state index in [0.717, 1.165) is 12.1 Å². The quantitative estimate of drug-likeness (QED) is 0.393. The van der Waals surface area contributed by atoms with Gasteiger partial charge in [-0.3, -0.25) is 19.6 Å². The Kier molecular flexibility index (Phi) is 4.27. The molecule has 0 saturated carbocycles. The summed E-state index contributed by atoms with van der Waals surface area (Å²) in [5.41, 5.74) is -1.21. The van der Waals surface area contributed by atoms with Crippen LogP contribution in [0.3, 0.4) is 0 Å².